The number of hydrogen-bond acceptors (Lipinski definition) is 3. The molecule has 0 unspecified atom stereocenters. The zero-order chi connectivity index (χ0) is 20.0. The second-order valence-corrected chi connectivity index (χ2v) is 8.45. The lowest BCUT2D eigenvalue weighted by Gasteiger charge is -2.12. The van der Waals surface area contributed by atoms with Crippen LogP contribution >= 0.6 is 0 Å². The minimum atomic E-state index is -4.61. The van der Waals surface area contributed by atoms with E-state index in [0.717, 1.165) is 11.8 Å². The molecule has 0 aliphatic carbocycles. The van der Waals surface area contributed by atoms with Gasteiger partial charge in [0.2, 0.25) is 0 Å². The van der Waals surface area contributed by atoms with Gasteiger partial charge in [0, 0.05) is 17.4 Å². The lowest BCUT2D eigenvalue weighted by molar-refractivity contribution is -0.140. The van der Waals surface area contributed by atoms with E-state index in [0.29, 0.717) is 16.7 Å². The summed E-state index contributed by atoms with van der Waals surface area (Å²) in [6.07, 6.45) is -3.54. The van der Waals surface area contributed by atoms with E-state index in [1.807, 2.05) is 6.92 Å². The van der Waals surface area contributed by atoms with Gasteiger partial charge in [0.05, 0.1) is 4.90 Å². The average Bonchev–Trinajstić information content (AvgIpc) is 2.99. The van der Waals surface area contributed by atoms with Gasteiger partial charge < -0.3 is 0 Å². The Morgan fingerprint density at radius 3 is 2.15 bits per heavy atom. The Balaban J connectivity index is 2.24. The number of nitrogens with zero attached hydrogens (tertiary/aromatic N) is 1. The third-order valence-electron chi connectivity index (χ3n) is 4.26. The molecule has 1 N–H and O–H groups in total. The highest BCUT2D eigenvalue weighted by Crippen LogP contribution is 2.42. The number of aromatic amines is 1. The van der Waals surface area contributed by atoms with E-state index in [9.17, 15) is 21.6 Å². The highest BCUT2D eigenvalue weighted by atomic mass is 32.2. The summed E-state index contributed by atoms with van der Waals surface area (Å²) in [7, 11) is -3.40. The van der Waals surface area contributed by atoms with E-state index in [4.69, 9.17) is 0 Å². The molecule has 0 saturated carbocycles. The SMILES string of the molecule is Cc1ccc(-c2c(-c3ccc(S(C)(=O)=O)cc3)n[nH]c2C(F)(F)F)c(C)c1. The molecule has 0 fully saturated rings. The van der Waals surface area contributed by atoms with E-state index in [2.05, 4.69) is 10.2 Å². The van der Waals surface area contributed by atoms with Crippen molar-refractivity contribution in [2.24, 2.45) is 0 Å². The molecule has 0 atom stereocenters. The maximum atomic E-state index is 13.5. The number of H-pyrrole nitrogens is 1. The molecule has 0 spiro atoms. The molecule has 3 aromatic rings. The van der Waals surface area contributed by atoms with Gasteiger partial charge in [0.25, 0.3) is 0 Å². The second kappa shape index (κ2) is 6.53. The van der Waals surface area contributed by atoms with Crippen LogP contribution in [0.3, 0.4) is 0 Å². The van der Waals surface area contributed by atoms with Crippen LogP contribution in [0.1, 0.15) is 16.8 Å². The fourth-order valence-electron chi connectivity index (χ4n) is 2.97. The number of benzene rings is 2. The average molecular weight is 394 g/mol. The van der Waals surface area contributed by atoms with Crippen LogP contribution in [0, 0.1) is 13.8 Å². The first kappa shape index (κ1) is 19.2. The zero-order valence-corrected chi connectivity index (χ0v) is 15.7. The summed E-state index contributed by atoms with van der Waals surface area (Å²) in [6.45, 7) is 3.60. The van der Waals surface area contributed by atoms with Gasteiger partial charge in [-0.05, 0) is 37.1 Å². The van der Waals surface area contributed by atoms with Crippen molar-refractivity contribution < 1.29 is 21.6 Å². The number of hydrogen-bond donors (Lipinski definition) is 1. The molecule has 1 aromatic heterocycles. The van der Waals surface area contributed by atoms with Crippen LogP contribution in [-0.4, -0.2) is 24.9 Å². The minimum absolute atomic E-state index is 0.0490. The highest BCUT2D eigenvalue weighted by Gasteiger charge is 2.38. The summed E-state index contributed by atoms with van der Waals surface area (Å²) in [5, 5.41) is 5.99. The van der Waals surface area contributed by atoms with Gasteiger partial charge in [0.1, 0.15) is 11.4 Å². The predicted molar refractivity (Wildman–Crippen MR) is 97.0 cm³/mol. The van der Waals surface area contributed by atoms with Crippen molar-refractivity contribution in [1.29, 1.82) is 0 Å². The Labute approximate surface area is 155 Å². The molecule has 2 aromatic carbocycles. The largest absolute Gasteiger partial charge is 0.433 e. The van der Waals surface area contributed by atoms with Crippen LogP contribution in [-0.2, 0) is 16.0 Å². The van der Waals surface area contributed by atoms with Gasteiger partial charge >= 0.3 is 6.18 Å². The molecule has 1 heterocycles. The van der Waals surface area contributed by atoms with Crippen LogP contribution in [0.4, 0.5) is 13.2 Å². The first-order valence-corrected chi connectivity index (χ1v) is 9.91. The maximum absolute atomic E-state index is 13.5. The van der Waals surface area contributed by atoms with E-state index in [-0.39, 0.29) is 16.2 Å². The Kier molecular flexibility index (Phi) is 4.63. The Hall–Kier alpha value is -2.61. The summed E-state index contributed by atoms with van der Waals surface area (Å²) in [5.74, 6) is 0. The Morgan fingerprint density at radius 1 is 1.00 bits per heavy atom. The van der Waals surface area contributed by atoms with Gasteiger partial charge in [-0.3, -0.25) is 5.10 Å². The van der Waals surface area contributed by atoms with Crippen molar-refractivity contribution in [3.8, 4) is 22.4 Å². The highest BCUT2D eigenvalue weighted by molar-refractivity contribution is 7.90. The number of aryl methyl sites for hydroxylation is 2. The fourth-order valence-corrected chi connectivity index (χ4v) is 3.60. The van der Waals surface area contributed by atoms with E-state index in [1.54, 1.807) is 25.1 Å². The summed E-state index contributed by atoms with van der Waals surface area (Å²) in [6, 6.07) is 10.8. The summed E-state index contributed by atoms with van der Waals surface area (Å²) in [5.41, 5.74) is 1.58. The van der Waals surface area contributed by atoms with Crippen LogP contribution < -0.4 is 0 Å². The quantitative estimate of drug-likeness (QED) is 0.695. The predicted octanol–water partition coefficient (Wildman–Crippen LogP) is 4.78. The fraction of sp³-hybridized carbons (Fsp3) is 0.211. The number of rotatable bonds is 3. The smallest absolute Gasteiger partial charge is 0.272 e. The third-order valence-corrected chi connectivity index (χ3v) is 5.39. The lowest BCUT2D eigenvalue weighted by Crippen LogP contribution is -2.07. The molecular formula is C19H17F3N2O2S. The zero-order valence-electron chi connectivity index (χ0n) is 14.8. The topological polar surface area (TPSA) is 62.8 Å². The number of halogens is 3. The van der Waals surface area contributed by atoms with Crippen molar-refractivity contribution in [2.45, 2.75) is 24.9 Å². The molecule has 142 valence electrons. The van der Waals surface area contributed by atoms with Gasteiger partial charge in [-0.2, -0.15) is 18.3 Å². The Bertz CT molecular complexity index is 1100. The molecule has 27 heavy (non-hydrogen) atoms. The molecule has 4 nitrogen and oxygen atoms in total. The molecule has 0 amide bonds. The number of alkyl halides is 3. The van der Waals surface area contributed by atoms with Crippen molar-refractivity contribution in [3.63, 3.8) is 0 Å². The van der Waals surface area contributed by atoms with Gasteiger partial charge in [-0.25, -0.2) is 8.42 Å². The number of sulfone groups is 1. The van der Waals surface area contributed by atoms with Gasteiger partial charge in [-0.15, -0.1) is 0 Å². The molecule has 0 bridgehead atoms. The normalized spacial score (nSPS) is 12.4. The second-order valence-electron chi connectivity index (χ2n) is 6.43. The van der Waals surface area contributed by atoms with Crippen LogP contribution in [0.15, 0.2) is 47.4 Å². The molecule has 3 rings (SSSR count). The molecular weight excluding hydrogens is 377 g/mol. The Morgan fingerprint density at radius 2 is 1.63 bits per heavy atom. The third kappa shape index (κ3) is 3.75. The molecule has 0 aliphatic heterocycles. The summed E-state index contributed by atoms with van der Waals surface area (Å²) in [4.78, 5) is 0.0888. The number of nitrogens with one attached hydrogen (secondary N) is 1. The minimum Gasteiger partial charge on any atom is -0.272 e. The van der Waals surface area contributed by atoms with Crippen molar-refractivity contribution >= 4 is 9.84 Å². The lowest BCUT2D eigenvalue weighted by atomic mass is 9.94. The first-order chi connectivity index (χ1) is 12.5. The monoisotopic (exact) mass is 394 g/mol. The van der Waals surface area contributed by atoms with Crippen molar-refractivity contribution in [1.82, 2.24) is 10.2 Å². The first-order valence-electron chi connectivity index (χ1n) is 8.02. The van der Waals surface area contributed by atoms with E-state index in [1.165, 1.54) is 24.3 Å². The van der Waals surface area contributed by atoms with Crippen molar-refractivity contribution in [3.05, 3.63) is 59.3 Å². The van der Waals surface area contributed by atoms with Gasteiger partial charge in [-0.1, -0.05) is 35.9 Å². The van der Waals surface area contributed by atoms with Crippen molar-refractivity contribution in [2.75, 3.05) is 6.26 Å². The van der Waals surface area contributed by atoms with E-state index >= 15 is 0 Å². The summed E-state index contributed by atoms with van der Waals surface area (Å²) < 4.78 is 63.9. The standard InChI is InChI=1S/C19H17F3N2O2S/c1-11-4-9-15(12(2)10-11)16-17(23-24-18(16)19(20,21)22)13-5-7-14(8-6-13)27(3,25)26/h4-10H,1-3H3,(H,23,24). The maximum Gasteiger partial charge on any atom is 0.433 e. The molecule has 0 radical (unpaired) electrons. The summed E-state index contributed by atoms with van der Waals surface area (Å²) >= 11 is 0. The molecule has 8 heteroatoms. The van der Waals surface area contributed by atoms with Gasteiger partial charge in [0.15, 0.2) is 9.84 Å². The van der Waals surface area contributed by atoms with Crippen LogP contribution in [0.2, 0.25) is 0 Å². The van der Waals surface area contributed by atoms with E-state index < -0.39 is 21.7 Å². The molecule has 0 aliphatic rings. The molecule has 0 saturated heterocycles. The van der Waals surface area contributed by atoms with Crippen LogP contribution in [0.5, 0.6) is 0 Å². The van der Waals surface area contributed by atoms with Crippen LogP contribution in [0.25, 0.3) is 22.4 Å². The number of aromatic nitrogens is 2.